The molecule has 0 aliphatic rings. The van der Waals surface area contributed by atoms with Crippen LogP contribution in [0.1, 0.15) is 30.3 Å². The second-order valence-corrected chi connectivity index (χ2v) is 4.15. The van der Waals surface area contributed by atoms with E-state index >= 15 is 0 Å². The lowest BCUT2D eigenvalue weighted by molar-refractivity contribution is 0.703. The van der Waals surface area contributed by atoms with E-state index in [4.69, 9.17) is 0 Å². The molecule has 1 heterocycles. The lowest BCUT2D eigenvalue weighted by Gasteiger charge is -2.09. The standard InChI is InChI=1S/C14H18N2/c1-3-6-14-15-9-10-16(14)11-13-8-5-4-7-12(13)2/h4-5,7-10H,3,6,11H2,1-2H3. The Balaban J connectivity index is 2.20. The predicted octanol–water partition coefficient (Wildman–Crippen LogP) is 3.19. The molecule has 0 radical (unpaired) electrons. The van der Waals surface area contributed by atoms with Crippen molar-refractivity contribution >= 4 is 0 Å². The summed E-state index contributed by atoms with van der Waals surface area (Å²) in [6, 6.07) is 8.52. The third-order valence-corrected chi connectivity index (χ3v) is 2.88. The maximum absolute atomic E-state index is 4.39. The molecule has 0 fully saturated rings. The summed E-state index contributed by atoms with van der Waals surface area (Å²) >= 11 is 0. The summed E-state index contributed by atoms with van der Waals surface area (Å²) in [5.41, 5.74) is 2.72. The number of aromatic nitrogens is 2. The minimum Gasteiger partial charge on any atom is -0.331 e. The van der Waals surface area contributed by atoms with Crippen molar-refractivity contribution in [2.75, 3.05) is 0 Å². The molecule has 0 bridgehead atoms. The van der Waals surface area contributed by atoms with Crippen LogP contribution < -0.4 is 0 Å². The maximum Gasteiger partial charge on any atom is 0.108 e. The van der Waals surface area contributed by atoms with Gasteiger partial charge in [-0.15, -0.1) is 0 Å². The highest BCUT2D eigenvalue weighted by molar-refractivity contribution is 5.26. The van der Waals surface area contributed by atoms with Crippen molar-refractivity contribution in [3.63, 3.8) is 0 Å². The Kier molecular flexibility index (Phi) is 3.40. The predicted molar refractivity (Wildman–Crippen MR) is 66.5 cm³/mol. The van der Waals surface area contributed by atoms with Crippen molar-refractivity contribution in [1.82, 2.24) is 9.55 Å². The fraction of sp³-hybridized carbons (Fsp3) is 0.357. The van der Waals surface area contributed by atoms with Crippen LogP contribution in [-0.4, -0.2) is 9.55 Å². The van der Waals surface area contributed by atoms with Crippen molar-refractivity contribution in [2.45, 2.75) is 33.2 Å². The molecule has 0 N–H and O–H groups in total. The monoisotopic (exact) mass is 214 g/mol. The average Bonchev–Trinajstić information content (AvgIpc) is 2.70. The Morgan fingerprint density at radius 3 is 2.81 bits per heavy atom. The first-order valence-corrected chi connectivity index (χ1v) is 5.85. The second-order valence-electron chi connectivity index (χ2n) is 4.15. The fourth-order valence-corrected chi connectivity index (χ4v) is 1.91. The molecule has 16 heavy (non-hydrogen) atoms. The van der Waals surface area contributed by atoms with E-state index in [0.29, 0.717) is 0 Å². The number of hydrogen-bond acceptors (Lipinski definition) is 1. The minimum atomic E-state index is 0.933. The largest absolute Gasteiger partial charge is 0.331 e. The van der Waals surface area contributed by atoms with Crippen LogP contribution in [0.4, 0.5) is 0 Å². The van der Waals surface area contributed by atoms with Crippen molar-refractivity contribution < 1.29 is 0 Å². The number of imidazole rings is 1. The van der Waals surface area contributed by atoms with Crippen LogP contribution in [0, 0.1) is 6.92 Å². The first-order valence-electron chi connectivity index (χ1n) is 5.85. The van der Waals surface area contributed by atoms with Crippen LogP contribution in [0.3, 0.4) is 0 Å². The third kappa shape index (κ3) is 2.32. The first-order chi connectivity index (χ1) is 7.81. The molecule has 0 amide bonds. The molecule has 84 valence electrons. The maximum atomic E-state index is 4.39. The Bertz CT molecular complexity index is 457. The molecule has 2 aromatic rings. The van der Waals surface area contributed by atoms with Gasteiger partial charge in [-0.25, -0.2) is 4.98 Å². The normalized spacial score (nSPS) is 10.6. The summed E-state index contributed by atoms with van der Waals surface area (Å²) in [4.78, 5) is 4.39. The summed E-state index contributed by atoms with van der Waals surface area (Å²) < 4.78 is 2.24. The van der Waals surface area contributed by atoms with Gasteiger partial charge in [-0.1, -0.05) is 31.2 Å². The van der Waals surface area contributed by atoms with Crippen LogP contribution in [0.15, 0.2) is 36.7 Å². The number of rotatable bonds is 4. The molecule has 1 aromatic heterocycles. The third-order valence-electron chi connectivity index (χ3n) is 2.88. The molecular formula is C14H18N2. The zero-order valence-electron chi connectivity index (χ0n) is 9.98. The lowest BCUT2D eigenvalue weighted by atomic mass is 10.1. The molecule has 2 nitrogen and oxygen atoms in total. The number of hydrogen-bond donors (Lipinski definition) is 0. The molecule has 0 atom stereocenters. The van der Waals surface area contributed by atoms with Gasteiger partial charge >= 0.3 is 0 Å². The highest BCUT2D eigenvalue weighted by Gasteiger charge is 2.03. The number of benzene rings is 1. The molecule has 0 unspecified atom stereocenters. The van der Waals surface area contributed by atoms with Crippen LogP contribution in [0.25, 0.3) is 0 Å². The molecule has 2 heteroatoms. The van der Waals surface area contributed by atoms with Crippen molar-refractivity contribution in [3.05, 3.63) is 53.6 Å². The summed E-state index contributed by atoms with van der Waals surface area (Å²) in [7, 11) is 0. The molecular weight excluding hydrogens is 196 g/mol. The number of aryl methyl sites for hydroxylation is 2. The van der Waals surface area contributed by atoms with E-state index in [0.717, 1.165) is 19.4 Å². The quantitative estimate of drug-likeness (QED) is 0.764. The smallest absolute Gasteiger partial charge is 0.108 e. The summed E-state index contributed by atoms with van der Waals surface area (Å²) in [6.07, 6.45) is 6.16. The van der Waals surface area contributed by atoms with E-state index in [1.165, 1.54) is 17.0 Å². The topological polar surface area (TPSA) is 17.8 Å². The lowest BCUT2D eigenvalue weighted by Crippen LogP contribution is -2.05. The van der Waals surface area contributed by atoms with Gasteiger partial charge in [0.2, 0.25) is 0 Å². The Labute approximate surface area is 97.0 Å². The van der Waals surface area contributed by atoms with Gasteiger partial charge in [0.1, 0.15) is 5.82 Å². The highest BCUT2D eigenvalue weighted by Crippen LogP contribution is 2.11. The van der Waals surface area contributed by atoms with E-state index < -0.39 is 0 Å². The van der Waals surface area contributed by atoms with Gasteiger partial charge in [0, 0.05) is 25.4 Å². The summed E-state index contributed by atoms with van der Waals surface area (Å²) in [5, 5.41) is 0. The zero-order valence-corrected chi connectivity index (χ0v) is 9.98. The van der Waals surface area contributed by atoms with E-state index in [9.17, 15) is 0 Å². The molecule has 0 aliphatic heterocycles. The van der Waals surface area contributed by atoms with Crippen LogP contribution in [-0.2, 0) is 13.0 Å². The molecule has 2 rings (SSSR count). The van der Waals surface area contributed by atoms with Gasteiger partial charge in [0.25, 0.3) is 0 Å². The van der Waals surface area contributed by atoms with Gasteiger partial charge in [-0.05, 0) is 24.5 Å². The molecule has 0 saturated heterocycles. The van der Waals surface area contributed by atoms with Crippen LogP contribution in [0.2, 0.25) is 0 Å². The van der Waals surface area contributed by atoms with E-state index in [1.807, 2.05) is 6.20 Å². The SMILES string of the molecule is CCCc1nccn1Cc1ccccc1C. The van der Waals surface area contributed by atoms with Crippen molar-refractivity contribution in [2.24, 2.45) is 0 Å². The Morgan fingerprint density at radius 1 is 1.25 bits per heavy atom. The molecule has 0 spiro atoms. The summed E-state index contributed by atoms with van der Waals surface area (Å²) in [6.45, 7) is 5.28. The average molecular weight is 214 g/mol. The van der Waals surface area contributed by atoms with Crippen molar-refractivity contribution in [3.8, 4) is 0 Å². The fourth-order valence-electron chi connectivity index (χ4n) is 1.91. The van der Waals surface area contributed by atoms with E-state index in [-0.39, 0.29) is 0 Å². The van der Waals surface area contributed by atoms with E-state index in [2.05, 4.69) is 53.9 Å². The van der Waals surface area contributed by atoms with Crippen LogP contribution in [0.5, 0.6) is 0 Å². The highest BCUT2D eigenvalue weighted by atomic mass is 15.1. The van der Waals surface area contributed by atoms with Gasteiger partial charge in [-0.3, -0.25) is 0 Å². The van der Waals surface area contributed by atoms with Gasteiger partial charge in [0.05, 0.1) is 0 Å². The van der Waals surface area contributed by atoms with Crippen LogP contribution >= 0.6 is 0 Å². The molecule has 0 aliphatic carbocycles. The van der Waals surface area contributed by atoms with Gasteiger partial charge < -0.3 is 4.57 Å². The Morgan fingerprint density at radius 2 is 2.06 bits per heavy atom. The Hall–Kier alpha value is -1.57. The van der Waals surface area contributed by atoms with Gasteiger partial charge in [0.15, 0.2) is 0 Å². The van der Waals surface area contributed by atoms with E-state index in [1.54, 1.807) is 0 Å². The summed E-state index contributed by atoms with van der Waals surface area (Å²) in [5.74, 6) is 1.19. The second kappa shape index (κ2) is 4.97. The molecule has 0 saturated carbocycles. The minimum absolute atomic E-state index is 0.933. The first kappa shape index (κ1) is 10.9. The van der Waals surface area contributed by atoms with Crippen molar-refractivity contribution in [1.29, 1.82) is 0 Å². The zero-order chi connectivity index (χ0) is 11.4. The van der Waals surface area contributed by atoms with Gasteiger partial charge in [-0.2, -0.15) is 0 Å². The molecule has 1 aromatic carbocycles. The number of nitrogens with zero attached hydrogens (tertiary/aromatic N) is 2.